The number of aromatic amines is 1. The third-order valence-corrected chi connectivity index (χ3v) is 4.26. The summed E-state index contributed by atoms with van der Waals surface area (Å²) in [5, 5.41) is 9.66. The van der Waals surface area contributed by atoms with E-state index >= 15 is 0 Å². The van der Waals surface area contributed by atoms with Crippen LogP contribution in [0.2, 0.25) is 0 Å². The Morgan fingerprint density at radius 3 is 2.47 bits per heavy atom. The zero-order chi connectivity index (χ0) is 21.5. The summed E-state index contributed by atoms with van der Waals surface area (Å²) in [7, 11) is 3.07. The van der Waals surface area contributed by atoms with Gasteiger partial charge in [0.05, 0.1) is 20.8 Å². The summed E-state index contributed by atoms with van der Waals surface area (Å²) >= 11 is 0. The highest BCUT2D eigenvalue weighted by Crippen LogP contribution is 2.28. The summed E-state index contributed by atoms with van der Waals surface area (Å²) in [6.45, 7) is 1.42. The van der Waals surface area contributed by atoms with Gasteiger partial charge >= 0.3 is 0 Å². The van der Waals surface area contributed by atoms with E-state index < -0.39 is 0 Å². The molecular weight excluding hydrogens is 388 g/mol. The van der Waals surface area contributed by atoms with Crippen LogP contribution in [-0.4, -0.2) is 47.7 Å². The number of H-pyrrole nitrogens is 1. The normalized spacial score (nSPS) is 10.4. The van der Waals surface area contributed by atoms with E-state index in [1.165, 1.54) is 14.0 Å². The molecule has 1 amide bonds. The molecule has 0 radical (unpaired) electrons. The molecule has 0 bridgehead atoms. The summed E-state index contributed by atoms with van der Waals surface area (Å²) < 4.78 is 15.8. The molecule has 9 nitrogen and oxygen atoms in total. The van der Waals surface area contributed by atoms with Gasteiger partial charge in [-0.15, -0.1) is 0 Å². The second-order valence-corrected chi connectivity index (χ2v) is 6.32. The lowest BCUT2D eigenvalue weighted by Gasteiger charge is -2.11. The molecule has 1 aromatic heterocycles. The van der Waals surface area contributed by atoms with Crippen LogP contribution in [0.1, 0.15) is 23.1 Å². The molecule has 0 saturated heterocycles. The molecule has 9 heteroatoms. The number of amides is 1. The summed E-state index contributed by atoms with van der Waals surface area (Å²) in [6, 6.07) is 12.1. The smallest absolute Gasteiger partial charge is 0.258 e. The van der Waals surface area contributed by atoms with E-state index in [0.717, 1.165) is 11.3 Å². The molecule has 0 aliphatic carbocycles. The number of carbonyl (C=O) groups is 2. The lowest BCUT2D eigenvalue weighted by molar-refractivity contribution is -0.123. The van der Waals surface area contributed by atoms with Crippen molar-refractivity contribution in [3.63, 3.8) is 0 Å². The van der Waals surface area contributed by atoms with Gasteiger partial charge < -0.3 is 19.5 Å². The molecule has 0 atom stereocenters. The SMILES string of the molecule is COc1ccc(-c2n[nH]c(CNC(=O)COc3ccc(C(C)=O)cc3OC)n2)cc1. The Bertz CT molecular complexity index is 1030. The number of hydrogen-bond acceptors (Lipinski definition) is 7. The Labute approximate surface area is 173 Å². The Hall–Kier alpha value is -3.88. The lowest BCUT2D eigenvalue weighted by atomic mass is 10.1. The van der Waals surface area contributed by atoms with Crippen molar-refractivity contribution in [2.75, 3.05) is 20.8 Å². The molecule has 2 N–H and O–H groups in total. The van der Waals surface area contributed by atoms with Crippen molar-refractivity contribution in [3.8, 4) is 28.6 Å². The van der Waals surface area contributed by atoms with Gasteiger partial charge in [-0.05, 0) is 49.4 Å². The summed E-state index contributed by atoms with van der Waals surface area (Å²) in [6.07, 6.45) is 0. The minimum Gasteiger partial charge on any atom is -0.497 e. The van der Waals surface area contributed by atoms with Gasteiger partial charge in [0.2, 0.25) is 0 Å². The van der Waals surface area contributed by atoms with Crippen LogP contribution in [0.4, 0.5) is 0 Å². The first-order valence-electron chi connectivity index (χ1n) is 9.14. The summed E-state index contributed by atoms with van der Waals surface area (Å²) in [4.78, 5) is 27.9. The van der Waals surface area contributed by atoms with Crippen LogP contribution in [0.5, 0.6) is 17.2 Å². The number of carbonyl (C=O) groups excluding carboxylic acids is 2. The van der Waals surface area contributed by atoms with Gasteiger partial charge in [0.1, 0.15) is 11.6 Å². The van der Waals surface area contributed by atoms with Crippen molar-refractivity contribution in [2.24, 2.45) is 0 Å². The lowest BCUT2D eigenvalue weighted by Crippen LogP contribution is -2.28. The van der Waals surface area contributed by atoms with Crippen molar-refractivity contribution in [2.45, 2.75) is 13.5 Å². The van der Waals surface area contributed by atoms with Crippen LogP contribution in [0.15, 0.2) is 42.5 Å². The van der Waals surface area contributed by atoms with Crippen molar-refractivity contribution in [1.29, 1.82) is 0 Å². The molecule has 0 aliphatic heterocycles. The van der Waals surface area contributed by atoms with E-state index in [4.69, 9.17) is 14.2 Å². The van der Waals surface area contributed by atoms with Crippen LogP contribution in [0, 0.1) is 0 Å². The third kappa shape index (κ3) is 5.13. The van der Waals surface area contributed by atoms with E-state index in [-0.39, 0.29) is 24.8 Å². The average Bonchev–Trinajstić information content (AvgIpc) is 3.25. The Balaban J connectivity index is 1.53. The van der Waals surface area contributed by atoms with Crippen molar-refractivity contribution < 1.29 is 23.8 Å². The minimum absolute atomic E-state index is 0.0846. The molecule has 3 aromatic rings. The maximum absolute atomic E-state index is 12.1. The molecule has 0 spiro atoms. The minimum atomic E-state index is -0.338. The van der Waals surface area contributed by atoms with Gasteiger partial charge in [0.15, 0.2) is 29.7 Å². The fourth-order valence-electron chi connectivity index (χ4n) is 2.63. The fourth-order valence-corrected chi connectivity index (χ4v) is 2.63. The number of ketones is 1. The zero-order valence-corrected chi connectivity index (χ0v) is 16.9. The van der Waals surface area contributed by atoms with Crippen molar-refractivity contribution in [3.05, 3.63) is 53.9 Å². The highest BCUT2D eigenvalue weighted by molar-refractivity contribution is 5.94. The van der Waals surface area contributed by atoms with E-state index in [9.17, 15) is 9.59 Å². The number of ether oxygens (including phenoxy) is 3. The highest BCUT2D eigenvalue weighted by atomic mass is 16.5. The maximum Gasteiger partial charge on any atom is 0.258 e. The molecule has 3 rings (SSSR count). The average molecular weight is 410 g/mol. The van der Waals surface area contributed by atoms with Crippen LogP contribution in [-0.2, 0) is 11.3 Å². The van der Waals surface area contributed by atoms with Gasteiger partial charge in [0.25, 0.3) is 5.91 Å². The topological polar surface area (TPSA) is 115 Å². The van der Waals surface area contributed by atoms with Gasteiger partial charge in [-0.25, -0.2) is 4.98 Å². The third-order valence-electron chi connectivity index (χ3n) is 4.26. The quantitative estimate of drug-likeness (QED) is 0.520. The second-order valence-electron chi connectivity index (χ2n) is 6.32. The van der Waals surface area contributed by atoms with Gasteiger partial charge in [-0.3, -0.25) is 14.7 Å². The van der Waals surface area contributed by atoms with Crippen LogP contribution < -0.4 is 19.5 Å². The maximum atomic E-state index is 12.1. The van der Waals surface area contributed by atoms with Gasteiger partial charge in [-0.2, -0.15) is 5.10 Å². The van der Waals surface area contributed by atoms with Crippen LogP contribution in [0.25, 0.3) is 11.4 Å². The fraction of sp³-hybridized carbons (Fsp3) is 0.238. The number of nitrogens with zero attached hydrogens (tertiary/aromatic N) is 2. The molecular formula is C21H22N4O5. The number of aromatic nitrogens is 3. The largest absolute Gasteiger partial charge is 0.497 e. The van der Waals surface area contributed by atoms with Crippen molar-refractivity contribution in [1.82, 2.24) is 20.5 Å². The van der Waals surface area contributed by atoms with Gasteiger partial charge in [-0.1, -0.05) is 0 Å². The Kier molecular flexibility index (Phi) is 6.63. The molecule has 156 valence electrons. The molecule has 0 unspecified atom stereocenters. The predicted octanol–water partition coefficient (Wildman–Crippen LogP) is 2.39. The molecule has 0 saturated carbocycles. The first kappa shape index (κ1) is 20.8. The summed E-state index contributed by atoms with van der Waals surface area (Å²) in [5.74, 6) is 2.11. The first-order valence-corrected chi connectivity index (χ1v) is 9.14. The first-order chi connectivity index (χ1) is 14.5. The van der Waals surface area contributed by atoms with Crippen LogP contribution in [0.3, 0.4) is 0 Å². The van der Waals surface area contributed by atoms with Crippen molar-refractivity contribution >= 4 is 11.7 Å². The number of rotatable bonds is 9. The monoisotopic (exact) mass is 410 g/mol. The zero-order valence-electron chi connectivity index (χ0n) is 16.9. The number of benzene rings is 2. The molecule has 0 aliphatic rings. The van der Waals surface area contributed by atoms with E-state index in [1.807, 2.05) is 24.3 Å². The number of hydrogen-bond donors (Lipinski definition) is 2. The Morgan fingerprint density at radius 1 is 1.03 bits per heavy atom. The van der Waals surface area contributed by atoms with Gasteiger partial charge in [0, 0.05) is 11.1 Å². The molecule has 1 heterocycles. The van der Waals surface area contributed by atoms with E-state index in [0.29, 0.717) is 28.7 Å². The second kappa shape index (κ2) is 9.55. The summed E-state index contributed by atoms with van der Waals surface area (Å²) in [5.41, 5.74) is 1.33. The molecule has 0 fully saturated rings. The number of nitrogens with one attached hydrogen (secondary N) is 2. The molecule has 30 heavy (non-hydrogen) atoms. The Morgan fingerprint density at radius 2 is 1.80 bits per heavy atom. The predicted molar refractivity (Wildman–Crippen MR) is 109 cm³/mol. The number of methoxy groups -OCH3 is 2. The van der Waals surface area contributed by atoms with E-state index in [1.54, 1.807) is 25.3 Å². The van der Waals surface area contributed by atoms with E-state index in [2.05, 4.69) is 20.5 Å². The standard InChI is InChI=1S/C21H22N4O5/c1-13(26)15-6-9-17(18(10-15)29-3)30-12-20(27)22-11-19-23-21(25-24-19)14-4-7-16(28-2)8-5-14/h4-10H,11-12H2,1-3H3,(H,22,27)(H,23,24,25). The number of Topliss-reactive ketones (excluding diaryl/α,β-unsaturated/α-hetero) is 1. The molecule has 2 aromatic carbocycles. The van der Waals surface area contributed by atoms with Crippen LogP contribution >= 0.6 is 0 Å². The highest BCUT2D eigenvalue weighted by Gasteiger charge is 2.11.